The smallest absolute Gasteiger partial charge is 0.348 e. The highest BCUT2D eigenvalue weighted by Gasteiger charge is 2.12. The minimum atomic E-state index is -0.623. The Balaban J connectivity index is 2.30. The summed E-state index contributed by atoms with van der Waals surface area (Å²) in [5, 5.41) is 4.63. The van der Waals surface area contributed by atoms with Crippen molar-refractivity contribution in [3.63, 3.8) is 0 Å². The molecule has 0 saturated carbocycles. The molecule has 0 aromatic carbocycles. The Morgan fingerprint density at radius 2 is 2.06 bits per heavy atom. The van der Waals surface area contributed by atoms with Crippen molar-refractivity contribution >= 4 is 40.7 Å². The Kier molecular flexibility index (Phi) is 5.60. The lowest BCUT2D eigenvalue weighted by molar-refractivity contribution is -0.127. The van der Waals surface area contributed by atoms with Crippen LogP contribution in [0, 0.1) is 0 Å². The average Bonchev–Trinajstić information content (AvgIpc) is 2.79. The minimum absolute atomic E-state index is 0.155. The molecule has 0 aliphatic carbocycles. The topological polar surface area (TPSA) is 84.5 Å². The molecule has 0 aliphatic heterocycles. The average molecular weight is 291 g/mol. The number of carbonyl (C=O) groups is 3. The monoisotopic (exact) mass is 290 g/mol. The number of carbonyl (C=O) groups excluding carboxylic acids is 3. The number of rotatable bonds is 5. The lowest BCUT2D eigenvalue weighted by atomic mass is 10.5. The van der Waals surface area contributed by atoms with Crippen LogP contribution >= 0.6 is 22.9 Å². The van der Waals surface area contributed by atoms with Gasteiger partial charge in [-0.05, 0) is 12.1 Å². The maximum Gasteiger partial charge on any atom is 0.348 e. The van der Waals surface area contributed by atoms with E-state index in [9.17, 15) is 14.4 Å². The fourth-order valence-electron chi connectivity index (χ4n) is 0.945. The van der Waals surface area contributed by atoms with E-state index >= 15 is 0 Å². The predicted octanol–water partition coefficient (Wildman–Crippen LogP) is 0.421. The molecule has 0 radical (unpaired) electrons. The number of likely N-dealkylation sites (N-methyl/N-ethyl adjacent to an activating group) is 1. The van der Waals surface area contributed by atoms with Crippen LogP contribution in [0.15, 0.2) is 12.1 Å². The number of halogens is 1. The second kappa shape index (κ2) is 6.97. The first-order valence-electron chi connectivity index (χ1n) is 4.92. The molecule has 0 saturated heterocycles. The maximum atomic E-state index is 11.4. The molecule has 1 aromatic heterocycles. The number of hydrogen-bond donors (Lipinski definition) is 2. The van der Waals surface area contributed by atoms with E-state index in [1.54, 1.807) is 6.07 Å². The first-order chi connectivity index (χ1) is 8.52. The van der Waals surface area contributed by atoms with Crippen molar-refractivity contribution in [3.8, 4) is 0 Å². The molecule has 1 heterocycles. The summed E-state index contributed by atoms with van der Waals surface area (Å²) in [7, 11) is 1.45. The van der Waals surface area contributed by atoms with Crippen LogP contribution in [0.1, 0.15) is 9.67 Å². The van der Waals surface area contributed by atoms with Crippen LogP contribution in [-0.2, 0) is 14.3 Å². The Morgan fingerprint density at radius 1 is 1.33 bits per heavy atom. The third-order valence-corrected chi connectivity index (χ3v) is 3.04. The lowest BCUT2D eigenvalue weighted by Gasteiger charge is -2.04. The van der Waals surface area contributed by atoms with Crippen molar-refractivity contribution in [1.29, 1.82) is 0 Å². The molecule has 18 heavy (non-hydrogen) atoms. The molecular formula is C10H11ClN2O4S. The zero-order valence-electron chi connectivity index (χ0n) is 9.49. The van der Waals surface area contributed by atoms with Gasteiger partial charge < -0.3 is 15.4 Å². The fraction of sp³-hybridized carbons (Fsp3) is 0.300. The third kappa shape index (κ3) is 4.72. The normalized spacial score (nSPS) is 9.67. The van der Waals surface area contributed by atoms with E-state index in [0.29, 0.717) is 9.21 Å². The Bertz CT molecular complexity index is 460. The van der Waals surface area contributed by atoms with Gasteiger partial charge in [-0.25, -0.2) is 4.79 Å². The SMILES string of the molecule is CNC(=O)CNC(=O)COC(=O)c1ccc(Cl)s1. The Hall–Kier alpha value is -1.60. The van der Waals surface area contributed by atoms with Crippen LogP contribution in [0.5, 0.6) is 0 Å². The van der Waals surface area contributed by atoms with Crippen LogP contribution in [-0.4, -0.2) is 38.0 Å². The molecular weight excluding hydrogens is 280 g/mol. The van der Waals surface area contributed by atoms with Crippen LogP contribution in [0.3, 0.4) is 0 Å². The van der Waals surface area contributed by atoms with Gasteiger partial charge in [-0.3, -0.25) is 9.59 Å². The number of amides is 2. The predicted molar refractivity (Wildman–Crippen MR) is 66.7 cm³/mol. The van der Waals surface area contributed by atoms with Gasteiger partial charge >= 0.3 is 5.97 Å². The second-order valence-electron chi connectivity index (χ2n) is 3.13. The molecule has 0 bridgehead atoms. The van der Waals surface area contributed by atoms with Crippen molar-refractivity contribution in [2.45, 2.75) is 0 Å². The third-order valence-electron chi connectivity index (χ3n) is 1.83. The first-order valence-corrected chi connectivity index (χ1v) is 6.12. The summed E-state index contributed by atoms with van der Waals surface area (Å²) in [5.41, 5.74) is 0. The van der Waals surface area contributed by atoms with Gasteiger partial charge in [0.15, 0.2) is 6.61 Å². The molecule has 1 aromatic rings. The fourth-order valence-corrected chi connectivity index (χ4v) is 1.88. The number of nitrogens with one attached hydrogen (secondary N) is 2. The summed E-state index contributed by atoms with van der Waals surface area (Å²) in [6, 6.07) is 3.08. The zero-order valence-corrected chi connectivity index (χ0v) is 11.1. The summed E-state index contributed by atoms with van der Waals surface area (Å²) >= 11 is 6.72. The van der Waals surface area contributed by atoms with E-state index < -0.39 is 18.5 Å². The van der Waals surface area contributed by atoms with Crippen molar-refractivity contribution in [2.24, 2.45) is 0 Å². The standard InChI is InChI=1S/C10H11ClN2O4S/c1-12-8(14)4-13-9(15)5-17-10(16)6-2-3-7(11)18-6/h2-3H,4-5H2,1H3,(H,12,14)(H,13,15). The Labute approximate surface area is 112 Å². The largest absolute Gasteiger partial charge is 0.451 e. The van der Waals surface area contributed by atoms with Gasteiger partial charge in [0.1, 0.15) is 4.88 Å². The highest BCUT2D eigenvalue weighted by atomic mass is 35.5. The molecule has 2 N–H and O–H groups in total. The highest BCUT2D eigenvalue weighted by molar-refractivity contribution is 7.17. The van der Waals surface area contributed by atoms with Gasteiger partial charge in [-0.15, -0.1) is 11.3 Å². The van der Waals surface area contributed by atoms with Crippen LogP contribution < -0.4 is 10.6 Å². The van der Waals surface area contributed by atoms with E-state index in [1.165, 1.54) is 13.1 Å². The van der Waals surface area contributed by atoms with Crippen LogP contribution in [0.4, 0.5) is 0 Å². The molecule has 8 heteroatoms. The van der Waals surface area contributed by atoms with Gasteiger partial charge in [-0.1, -0.05) is 11.6 Å². The van der Waals surface area contributed by atoms with Crippen molar-refractivity contribution in [1.82, 2.24) is 10.6 Å². The number of ether oxygens (including phenoxy) is 1. The minimum Gasteiger partial charge on any atom is -0.451 e. The molecule has 2 amide bonds. The Morgan fingerprint density at radius 3 is 2.61 bits per heavy atom. The molecule has 0 aliphatic rings. The van der Waals surface area contributed by atoms with Gasteiger partial charge in [0.2, 0.25) is 5.91 Å². The molecule has 6 nitrogen and oxygen atoms in total. The maximum absolute atomic E-state index is 11.4. The van der Waals surface area contributed by atoms with E-state index in [1.807, 2.05) is 0 Å². The molecule has 0 spiro atoms. The van der Waals surface area contributed by atoms with Crippen LogP contribution in [0.2, 0.25) is 4.34 Å². The number of hydrogen-bond acceptors (Lipinski definition) is 5. The summed E-state index contributed by atoms with van der Waals surface area (Å²) in [4.78, 5) is 33.8. The van der Waals surface area contributed by atoms with E-state index in [-0.39, 0.29) is 12.5 Å². The van der Waals surface area contributed by atoms with Gasteiger partial charge in [-0.2, -0.15) is 0 Å². The number of thiophene rings is 1. The van der Waals surface area contributed by atoms with E-state index in [0.717, 1.165) is 11.3 Å². The molecule has 0 fully saturated rings. The van der Waals surface area contributed by atoms with Crippen molar-refractivity contribution < 1.29 is 19.1 Å². The summed E-state index contributed by atoms with van der Waals surface area (Å²) in [5.74, 6) is -1.50. The quantitative estimate of drug-likeness (QED) is 0.770. The molecule has 0 atom stereocenters. The number of esters is 1. The van der Waals surface area contributed by atoms with Gasteiger partial charge in [0.05, 0.1) is 10.9 Å². The second-order valence-corrected chi connectivity index (χ2v) is 4.84. The van der Waals surface area contributed by atoms with Crippen molar-refractivity contribution in [3.05, 3.63) is 21.3 Å². The van der Waals surface area contributed by atoms with Gasteiger partial charge in [0.25, 0.3) is 5.91 Å². The van der Waals surface area contributed by atoms with E-state index in [4.69, 9.17) is 16.3 Å². The van der Waals surface area contributed by atoms with Crippen LogP contribution in [0.25, 0.3) is 0 Å². The molecule has 1 rings (SSSR count). The highest BCUT2D eigenvalue weighted by Crippen LogP contribution is 2.21. The van der Waals surface area contributed by atoms with Gasteiger partial charge in [0, 0.05) is 7.05 Å². The van der Waals surface area contributed by atoms with Crippen molar-refractivity contribution in [2.75, 3.05) is 20.2 Å². The zero-order chi connectivity index (χ0) is 13.5. The molecule has 0 unspecified atom stereocenters. The summed E-state index contributed by atoms with van der Waals surface area (Å²) in [6.45, 7) is -0.594. The molecule has 98 valence electrons. The van der Waals surface area contributed by atoms with E-state index in [2.05, 4.69) is 10.6 Å². The summed E-state index contributed by atoms with van der Waals surface area (Å²) < 4.78 is 5.20. The first kappa shape index (κ1) is 14.5. The summed E-state index contributed by atoms with van der Waals surface area (Å²) in [6.07, 6.45) is 0. The lowest BCUT2D eigenvalue weighted by Crippen LogP contribution is -2.37.